The molecule has 0 saturated heterocycles. The van der Waals surface area contributed by atoms with E-state index in [1.54, 1.807) is 0 Å². The molecule has 0 aromatic heterocycles. The van der Waals surface area contributed by atoms with Crippen LogP contribution in [0.3, 0.4) is 0 Å². The summed E-state index contributed by atoms with van der Waals surface area (Å²) in [6.07, 6.45) is 8.05. The summed E-state index contributed by atoms with van der Waals surface area (Å²) < 4.78 is 0. The highest BCUT2D eigenvalue weighted by Gasteiger charge is 2.24. The lowest BCUT2D eigenvalue weighted by atomic mass is 9.83. The summed E-state index contributed by atoms with van der Waals surface area (Å²) >= 11 is 0. The summed E-state index contributed by atoms with van der Waals surface area (Å²) in [5.74, 6) is 0.800. The third-order valence-corrected chi connectivity index (χ3v) is 2.99. The van der Waals surface area contributed by atoms with Crippen LogP contribution in [0.2, 0.25) is 0 Å². The first-order valence-corrected chi connectivity index (χ1v) is 5.42. The Hall–Kier alpha value is -0.300. The van der Waals surface area contributed by atoms with Crippen molar-refractivity contribution < 1.29 is 0 Å². The zero-order valence-electron chi connectivity index (χ0n) is 9.51. The highest BCUT2D eigenvalue weighted by atomic mass is 15.1. The Labute approximate surface area is 82.8 Å². The van der Waals surface area contributed by atoms with Crippen LogP contribution in [-0.2, 0) is 0 Å². The number of rotatable bonds is 2. The molecule has 1 rings (SSSR count). The van der Waals surface area contributed by atoms with Crippen LogP contribution in [-0.4, -0.2) is 25.0 Å². The molecule has 0 spiro atoms. The van der Waals surface area contributed by atoms with Crippen LogP contribution in [0, 0.1) is 5.92 Å². The van der Waals surface area contributed by atoms with Gasteiger partial charge in [0.1, 0.15) is 0 Å². The Morgan fingerprint density at radius 3 is 2.31 bits per heavy atom. The molecule has 0 amide bonds. The van der Waals surface area contributed by atoms with Crippen molar-refractivity contribution in [1.82, 2.24) is 4.90 Å². The molecule has 0 bridgehead atoms. The van der Waals surface area contributed by atoms with Crippen molar-refractivity contribution in [3.8, 4) is 0 Å². The maximum absolute atomic E-state index is 2.46. The predicted molar refractivity (Wildman–Crippen MR) is 58.9 cm³/mol. The Morgan fingerprint density at radius 2 is 1.77 bits per heavy atom. The Kier molecular flexibility index (Phi) is 3.98. The lowest BCUT2D eigenvalue weighted by Gasteiger charge is -2.34. The van der Waals surface area contributed by atoms with Gasteiger partial charge >= 0.3 is 0 Å². The minimum absolute atomic E-state index is 0.781. The van der Waals surface area contributed by atoms with Crippen LogP contribution in [0.25, 0.3) is 0 Å². The first kappa shape index (κ1) is 10.8. The fourth-order valence-electron chi connectivity index (χ4n) is 2.40. The van der Waals surface area contributed by atoms with Crippen molar-refractivity contribution in [2.24, 2.45) is 5.92 Å². The summed E-state index contributed by atoms with van der Waals surface area (Å²) in [5, 5.41) is 0. The summed E-state index contributed by atoms with van der Waals surface area (Å²) in [4.78, 5) is 2.39. The van der Waals surface area contributed by atoms with Gasteiger partial charge in [0.2, 0.25) is 0 Å². The van der Waals surface area contributed by atoms with Crippen LogP contribution < -0.4 is 0 Å². The van der Waals surface area contributed by atoms with Gasteiger partial charge in [-0.25, -0.2) is 0 Å². The third kappa shape index (κ3) is 3.15. The highest BCUT2D eigenvalue weighted by molar-refractivity contribution is 5.02. The zero-order chi connectivity index (χ0) is 9.84. The van der Waals surface area contributed by atoms with Gasteiger partial charge in [0.15, 0.2) is 0 Å². The molecular weight excluding hydrogens is 158 g/mol. The molecule has 1 nitrogen and oxygen atoms in total. The lowest BCUT2D eigenvalue weighted by Crippen LogP contribution is -2.36. The molecule has 1 fully saturated rings. The van der Waals surface area contributed by atoms with E-state index in [1.165, 1.54) is 31.3 Å². The summed E-state index contributed by atoms with van der Waals surface area (Å²) in [6, 6.07) is 0.781. The second-order valence-corrected chi connectivity index (χ2v) is 4.72. The normalized spacial score (nSPS) is 29.0. The van der Waals surface area contributed by atoms with E-state index in [4.69, 9.17) is 0 Å². The lowest BCUT2D eigenvalue weighted by molar-refractivity contribution is 0.184. The number of allylic oxidation sites excluding steroid dienone is 1. The summed E-state index contributed by atoms with van der Waals surface area (Å²) in [7, 11) is 4.42. The van der Waals surface area contributed by atoms with Gasteiger partial charge in [-0.15, -0.1) is 0 Å². The Bertz CT molecular complexity index is 178. The molecule has 13 heavy (non-hydrogen) atoms. The van der Waals surface area contributed by atoms with Gasteiger partial charge in [-0.05, 0) is 46.7 Å². The van der Waals surface area contributed by atoms with Gasteiger partial charge in [0.05, 0.1) is 0 Å². The summed E-state index contributed by atoms with van der Waals surface area (Å²) in [6.45, 7) is 4.42. The molecular formula is C12H23N. The molecule has 0 radical (unpaired) electrons. The van der Waals surface area contributed by atoms with Crippen molar-refractivity contribution in [2.45, 2.75) is 45.6 Å². The van der Waals surface area contributed by atoms with Gasteiger partial charge in [0.25, 0.3) is 0 Å². The van der Waals surface area contributed by atoms with E-state index < -0.39 is 0 Å². The smallest absolute Gasteiger partial charge is 0.0152 e. The van der Waals surface area contributed by atoms with Gasteiger partial charge < -0.3 is 4.90 Å². The minimum atomic E-state index is 0.781. The third-order valence-electron chi connectivity index (χ3n) is 2.99. The molecule has 0 aromatic carbocycles. The van der Waals surface area contributed by atoms with Crippen LogP contribution in [0.5, 0.6) is 0 Å². The molecule has 76 valence electrons. The molecule has 1 heteroatoms. The van der Waals surface area contributed by atoms with E-state index in [0.717, 1.165) is 12.0 Å². The standard InChI is InChI=1S/C12H23N/c1-10(2)9-11-7-5-6-8-12(11)13(3)4/h9,11-12H,5-8H2,1-4H3. The molecule has 2 atom stereocenters. The molecule has 1 aliphatic rings. The molecule has 1 aliphatic carbocycles. The average Bonchev–Trinajstić information content (AvgIpc) is 2.03. The number of hydrogen-bond acceptors (Lipinski definition) is 1. The average molecular weight is 181 g/mol. The largest absolute Gasteiger partial charge is 0.306 e. The van der Waals surface area contributed by atoms with Gasteiger partial charge in [-0.3, -0.25) is 0 Å². The van der Waals surface area contributed by atoms with Gasteiger partial charge in [-0.1, -0.05) is 24.5 Å². The Morgan fingerprint density at radius 1 is 1.15 bits per heavy atom. The van der Waals surface area contributed by atoms with E-state index in [9.17, 15) is 0 Å². The van der Waals surface area contributed by atoms with Crippen molar-refractivity contribution >= 4 is 0 Å². The van der Waals surface area contributed by atoms with Crippen LogP contribution in [0.1, 0.15) is 39.5 Å². The fraction of sp³-hybridized carbons (Fsp3) is 0.833. The molecule has 0 aromatic rings. The molecule has 0 heterocycles. The molecule has 1 saturated carbocycles. The summed E-state index contributed by atoms with van der Waals surface area (Å²) in [5.41, 5.74) is 1.47. The van der Waals surface area contributed by atoms with Crippen LogP contribution in [0.15, 0.2) is 11.6 Å². The van der Waals surface area contributed by atoms with Gasteiger partial charge in [0, 0.05) is 6.04 Å². The fourth-order valence-corrected chi connectivity index (χ4v) is 2.40. The second kappa shape index (κ2) is 4.80. The maximum Gasteiger partial charge on any atom is 0.0152 e. The van der Waals surface area contributed by atoms with Gasteiger partial charge in [-0.2, -0.15) is 0 Å². The molecule has 0 aliphatic heterocycles. The monoisotopic (exact) mass is 181 g/mol. The van der Waals surface area contributed by atoms with Crippen LogP contribution in [0.4, 0.5) is 0 Å². The molecule has 0 N–H and O–H groups in total. The van der Waals surface area contributed by atoms with Crippen molar-refractivity contribution in [3.63, 3.8) is 0 Å². The van der Waals surface area contributed by atoms with E-state index in [-0.39, 0.29) is 0 Å². The van der Waals surface area contributed by atoms with E-state index in [2.05, 4.69) is 38.9 Å². The number of hydrogen-bond donors (Lipinski definition) is 0. The maximum atomic E-state index is 2.46. The van der Waals surface area contributed by atoms with Crippen molar-refractivity contribution in [2.75, 3.05) is 14.1 Å². The quantitative estimate of drug-likeness (QED) is 0.592. The van der Waals surface area contributed by atoms with E-state index in [0.29, 0.717) is 0 Å². The topological polar surface area (TPSA) is 3.24 Å². The number of nitrogens with zero attached hydrogens (tertiary/aromatic N) is 1. The zero-order valence-corrected chi connectivity index (χ0v) is 9.51. The Balaban J connectivity index is 2.62. The van der Waals surface area contributed by atoms with Crippen molar-refractivity contribution in [1.29, 1.82) is 0 Å². The second-order valence-electron chi connectivity index (χ2n) is 4.72. The minimum Gasteiger partial charge on any atom is -0.306 e. The van der Waals surface area contributed by atoms with Crippen LogP contribution >= 0.6 is 0 Å². The van der Waals surface area contributed by atoms with E-state index >= 15 is 0 Å². The first-order chi connectivity index (χ1) is 6.11. The van der Waals surface area contributed by atoms with Crippen molar-refractivity contribution in [3.05, 3.63) is 11.6 Å². The first-order valence-electron chi connectivity index (χ1n) is 5.42. The SMILES string of the molecule is CC(C)=CC1CCCCC1N(C)C. The predicted octanol–water partition coefficient (Wildman–Crippen LogP) is 3.07. The molecule has 2 unspecified atom stereocenters. The van der Waals surface area contributed by atoms with E-state index in [1.807, 2.05) is 0 Å². The highest BCUT2D eigenvalue weighted by Crippen LogP contribution is 2.28.